The van der Waals surface area contributed by atoms with E-state index < -0.39 is 5.97 Å². The number of hydrogen-bond acceptors (Lipinski definition) is 5. The number of carbonyl (C=O) groups is 1. The molecular weight excluding hydrogens is 570 g/mol. The van der Waals surface area contributed by atoms with Gasteiger partial charge < -0.3 is 13.9 Å². The molecule has 1 aromatic heterocycles. The van der Waals surface area contributed by atoms with Gasteiger partial charge in [0.25, 0.3) is 5.90 Å². The quantitative estimate of drug-likeness (QED) is 0.255. The van der Waals surface area contributed by atoms with Crippen molar-refractivity contribution in [2.45, 2.75) is 6.61 Å². The molecule has 0 atom stereocenters. The summed E-state index contributed by atoms with van der Waals surface area (Å²) in [7, 11) is 0. The first kappa shape index (κ1) is 20.1. The van der Waals surface area contributed by atoms with Crippen molar-refractivity contribution in [1.82, 2.24) is 0 Å². The number of furan rings is 1. The summed E-state index contributed by atoms with van der Waals surface area (Å²) in [5.74, 6) is 0.687. The molecule has 0 radical (unpaired) electrons. The summed E-state index contributed by atoms with van der Waals surface area (Å²) in [6, 6.07) is 15.0. The van der Waals surface area contributed by atoms with Crippen LogP contribution in [0.3, 0.4) is 0 Å². The molecule has 2 aromatic carbocycles. The van der Waals surface area contributed by atoms with Crippen molar-refractivity contribution in [1.29, 1.82) is 0 Å². The van der Waals surface area contributed by atoms with E-state index in [0.717, 1.165) is 24.5 Å². The maximum absolute atomic E-state index is 12.1. The van der Waals surface area contributed by atoms with Crippen LogP contribution in [0.1, 0.15) is 16.9 Å². The molecule has 4 rings (SSSR count). The second-order valence-electron chi connectivity index (χ2n) is 6.01. The van der Waals surface area contributed by atoms with Gasteiger partial charge in [0.05, 0.1) is 15.2 Å². The molecule has 3 aromatic rings. The Hall–Kier alpha value is -2.16. The molecule has 0 N–H and O–H groups in total. The van der Waals surface area contributed by atoms with Crippen LogP contribution in [0.15, 0.2) is 83.3 Å². The summed E-state index contributed by atoms with van der Waals surface area (Å²) in [6.07, 6.45) is 3.14. The van der Waals surface area contributed by atoms with Gasteiger partial charge in [0.2, 0.25) is 0 Å². The number of nitrogens with zero attached hydrogens (tertiary/aromatic N) is 1. The number of carbonyl (C=O) groups excluding carboxylic acids is 1. The second-order valence-corrected chi connectivity index (χ2v) is 8.57. The predicted octanol–water partition coefficient (Wildman–Crippen LogP) is 6.49. The lowest BCUT2D eigenvalue weighted by Gasteiger charge is -2.12. The normalized spacial score (nSPS) is 14.8. The lowest BCUT2D eigenvalue weighted by Crippen LogP contribution is -2.04. The van der Waals surface area contributed by atoms with E-state index in [1.807, 2.05) is 36.4 Å². The molecule has 0 amide bonds. The number of benzene rings is 2. The molecule has 2 heterocycles. The summed E-state index contributed by atoms with van der Waals surface area (Å²) in [5, 5.41) is 0. The summed E-state index contributed by atoms with van der Waals surface area (Å²) in [6.45, 7) is 0.405. The summed E-state index contributed by atoms with van der Waals surface area (Å²) in [4.78, 5) is 16.3. The summed E-state index contributed by atoms with van der Waals surface area (Å²) >= 11 is 10.6. The first-order valence-electron chi connectivity index (χ1n) is 8.43. The maximum Gasteiger partial charge on any atom is 0.363 e. The molecule has 5 nitrogen and oxygen atoms in total. The SMILES string of the molecule is O=C1OC(c2ccco2)=N/C1=C\c1cc(Br)c(OCc2ccccc2Br)c(Br)c1. The third-order valence-corrected chi connectivity index (χ3v) is 5.96. The number of esters is 1. The van der Waals surface area contributed by atoms with E-state index in [2.05, 4.69) is 52.8 Å². The third kappa shape index (κ3) is 4.55. The highest BCUT2D eigenvalue weighted by atomic mass is 79.9. The second kappa shape index (κ2) is 8.69. The summed E-state index contributed by atoms with van der Waals surface area (Å²) < 4.78 is 18.8. The standard InChI is InChI=1S/C21H12Br3NO4/c22-14-5-2-1-4-13(14)11-28-19-15(23)8-12(9-16(19)24)10-17-21(26)29-20(25-17)18-6-3-7-27-18/h1-10H,11H2/b17-10-. The number of ether oxygens (including phenoxy) is 2. The fourth-order valence-corrected chi connectivity index (χ4v) is 4.49. The van der Waals surface area contributed by atoms with E-state index in [9.17, 15) is 4.79 Å². The van der Waals surface area contributed by atoms with Gasteiger partial charge in [-0.1, -0.05) is 34.1 Å². The average Bonchev–Trinajstić information content (AvgIpc) is 3.33. The lowest BCUT2D eigenvalue weighted by atomic mass is 10.2. The van der Waals surface area contributed by atoms with Crippen molar-refractivity contribution < 1.29 is 18.7 Å². The minimum atomic E-state index is -0.530. The van der Waals surface area contributed by atoms with Crippen molar-refractivity contribution >= 4 is 65.7 Å². The van der Waals surface area contributed by atoms with Crippen LogP contribution in [0.25, 0.3) is 6.08 Å². The largest absolute Gasteiger partial charge is 0.486 e. The highest BCUT2D eigenvalue weighted by molar-refractivity contribution is 9.11. The molecule has 8 heteroatoms. The van der Waals surface area contributed by atoms with Gasteiger partial charge in [-0.15, -0.1) is 0 Å². The number of hydrogen-bond donors (Lipinski definition) is 0. The molecule has 1 aliphatic rings. The zero-order valence-corrected chi connectivity index (χ0v) is 19.5. The highest BCUT2D eigenvalue weighted by Crippen LogP contribution is 2.36. The van der Waals surface area contributed by atoms with Crippen molar-refractivity contribution in [3.8, 4) is 5.75 Å². The van der Waals surface area contributed by atoms with Crippen LogP contribution >= 0.6 is 47.8 Å². The highest BCUT2D eigenvalue weighted by Gasteiger charge is 2.26. The smallest absolute Gasteiger partial charge is 0.363 e. The Kier molecular flexibility index (Phi) is 6.03. The molecule has 1 aliphatic heterocycles. The number of halogens is 3. The Labute approximate surface area is 191 Å². The van der Waals surface area contributed by atoms with E-state index in [1.54, 1.807) is 18.2 Å². The zero-order chi connectivity index (χ0) is 20.4. The zero-order valence-electron chi connectivity index (χ0n) is 14.7. The first-order valence-corrected chi connectivity index (χ1v) is 10.8. The van der Waals surface area contributed by atoms with Crippen LogP contribution in [0.4, 0.5) is 0 Å². The molecule has 0 saturated heterocycles. The molecule has 0 spiro atoms. The van der Waals surface area contributed by atoms with E-state index in [-0.39, 0.29) is 11.6 Å². The fourth-order valence-electron chi connectivity index (χ4n) is 2.64. The average molecular weight is 582 g/mol. The van der Waals surface area contributed by atoms with Crippen LogP contribution in [0, 0.1) is 0 Å². The van der Waals surface area contributed by atoms with Crippen molar-refractivity contribution in [2.24, 2.45) is 4.99 Å². The van der Waals surface area contributed by atoms with Gasteiger partial charge in [-0.25, -0.2) is 9.79 Å². The van der Waals surface area contributed by atoms with E-state index >= 15 is 0 Å². The molecule has 146 valence electrons. The van der Waals surface area contributed by atoms with E-state index in [4.69, 9.17) is 13.9 Å². The van der Waals surface area contributed by atoms with Crippen LogP contribution in [0.5, 0.6) is 5.75 Å². The van der Waals surface area contributed by atoms with Crippen LogP contribution in [0.2, 0.25) is 0 Å². The van der Waals surface area contributed by atoms with Gasteiger partial charge in [0.15, 0.2) is 11.5 Å². The van der Waals surface area contributed by atoms with Gasteiger partial charge in [0, 0.05) is 10.0 Å². The van der Waals surface area contributed by atoms with Gasteiger partial charge in [-0.3, -0.25) is 0 Å². The van der Waals surface area contributed by atoms with Gasteiger partial charge in [0.1, 0.15) is 12.4 Å². The van der Waals surface area contributed by atoms with Gasteiger partial charge in [-0.05, 0) is 73.8 Å². The Morgan fingerprint density at radius 2 is 1.76 bits per heavy atom. The minimum absolute atomic E-state index is 0.151. The van der Waals surface area contributed by atoms with Crippen LogP contribution in [-0.4, -0.2) is 11.9 Å². The molecule has 0 unspecified atom stereocenters. The van der Waals surface area contributed by atoms with Crippen LogP contribution in [-0.2, 0) is 16.1 Å². The Morgan fingerprint density at radius 3 is 2.45 bits per heavy atom. The van der Waals surface area contributed by atoms with E-state index in [1.165, 1.54) is 6.26 Å². The van der Waals surface area contributed by atoms with Crippen molar-refractivity contribution in [2.75, 3.05) is 0 Å². The number of cyclic esters (lactones) is 1. The number of aliphatic imine (C=N–C) groups is 1. The van der Waals surface area contributed by atoms with Crippen molar-refractivity contribution in [3.63, 3.8) is 0 Å². The van der Waals surface area contributed by atoms with Gasteiger partial charge in [-0.2, -0.15) is 0 Å². The Bertz CT molecular complexity index is 1110. The number of rotatable bonds is 5. The van der Waals surface area contributed by atoms with Crippen molar-refractivity contribution in [3.05, 3.63) is 90.8 Å². The molecular formula is C21H12Br3NO4. The summed E-state index contributed by atoms with van der Waals surface area (Å²) in [5.41, 5.74) is 1.98. The fraction of sp³-hybridized carbons (Fsp3) is 0.0476. The van der Waals surface area contributed by atoms with Gasteiger partial charge >= 0.3 is 5.97 Å². The molecule has 29 heavy (non-hydrogen) atoms. The minimum Gasteiger partial charge on any atom is -0.486 e. The Morgan fingerprint density at radius 1 is 1.00 bits per heavy atom. The predicted molar refractivity (Wildman–Crippen MR) is 120 cm³/mol. The Balaban J connectivity index is 1.56. The monoisotopic (exact) mass is 579 g/mol. The molecule has 0 bridgehead atoms. The third-order valence-electron chi connectivity index (χ3n) is 4.01. The van der Waals surface area contributed by atoms with E-state index in [0.29, 0.717) is 18.1 Å². The van der Waals surface area contributed by atoms with Crippen LogP contribution < -0.4 is 4.74 Å². The molecule has 0 aliphatic carbocycles. The molecule has 0 fully saturated rings. The first-order chi connectivity index (χ1) is 14.0. The lowest BCUT2D eigenvalue weighted by molar-refractivity contribution is -0.130. The topological polar surface area (TPSA) is 61.0 Å². The molecule has 0 saturated carbocycles. The maximum atomic E-state index is 12.1.